The average molecular weight is 467 g/mol. The first-order valence-electron chi connectivity index (χ1n) is 10.1. The van der Waals surface area contributed by atoms with E-state index in [9.17, 15) is 4.79 Å². The zero-order chi connectivity index (χ0) is 22.7. The van der Waals surface area contributed by atoms with E-state index in [0.29, 0.717) is 17.9 Å². The number of amides is 1. The summed E-state index contributed by atoms with van der Waals surface area (Å²) in [5.74, 6) is 1.09. The Hall–Kier alpha value is -3.37. The molecule has 0 bridgehead atoms. The Kier molecular flexibility index (Phi) is 6.42. The van der Waals surface area contributed by atoms with Gasteiger partial charge in [-0.05, 0) is 62.3 Å². The Bertz CT molecular complexity index is 1300. The van der Waals surface area contributed by atoms with Crippen LogP contribution in [0.15, 0.2) is 42.5 Å². The van der Waals surface area contributed by atoms with E-state index in [1.807, 2.05) is 45.0 Å². The molecule has 2 N–H and O–H groups in total. The van der Waals surface area contributed by atoms with Crippen LogP contribution in [0.3, 0.4) is 0 Å². The van der Waals surface area contributed by atoms with Crippen LogP contribution in [0.5, 0.6) is 5.75 Å². The molecule has 0 fully saturated rings. The second-order valence-electron chi connectivity index (χ2n) is 7.16. The summed E-state index contributed by atoms with van der Waals surface area (Å²) >= 11 is 6.84. The van der Waals surface area contributed by atoms with E-state index >= 15 is 0 Å². The van der Waals surface area contributed by atoms with E-state index in [2.05, 4.69) is 25.9 Å². The molecule has 2 aromatic carbocycles. The molecule has 4 rings (SSSR count). The number of rotatable bonds is 6. The number of aryl methyl sites for hydroxylation is 2. The number of hydrogen-bond acceptors (Lipinski definition) is 7. The van der Waals surface area contributed by atoms with Crippen LogP contribution in [0.2, 0.25) is 0 Å². The molecular weight excluding hydrogens is 444 g/mol. The molecule has 8 nitrogen and oxygen atoms in total. The van der Waals surface area contributed by atoms with Gasteiger partial charge in [0.25, 0.3) is 5.91 Å². The molecule has 0 saturated carbocycles. The van der Waals surface area contributed by atoms with Crippen molar-refractivity contribution in [2.75, 3.05) is 11.9 Å². The highest BCUT2D eigenvalue weighted by molar-refractivity contribution is 7.80. The van der Waals surface area contributed by atoms with Gasteiger partial charge in [0.15, 0.2) is 10.9 Å². The Morgan fingerprint density at radius 3 is 2.81 bits per heavy atom. The van der Waals surface area contributed by atoms with Crippen molar-refractivity contribution in [3.05, 3.63) is 59.4 Å². The maximum absolute atomic E-state index is 12.6. The van der Waals surface area contributed by atoms with E-state index in [-0.39, 0.29) is 11.0 Å². The lowest BCUT2D eigenvalue weighted by atomic mass is 10.1. The molecule has 1 amide bonds. The summed E-state index contributed by atoms with van der Waals surface area (Å²) in [4.78, 5) is 13.4. The molecule has 0 radical (unpaired) electrons. The summed E-state index contributed by atoms with van der Waals surface area (Å²) in [6, 6.07) is 13.0. The van der Waals surface area contributed by atoms with Gasteiger partial charge in [-0.1, -0.05) is 36.5 Å². The summed E-state index contributed by atoms with van der Waals surface area (Å²) in [5.41, 5.74) is 3.17. The van der Waals surface area contributed by atoms with Crippen molar-refractivity contribution in [2.45, 2.75) is 27.2 Å². The van der Waals surface area contributed by atoms with Gasteiger partial charge in [-0.2, -0.15) is 9.61 Å². The van der Waals surface area contributed by atoms with Gasteiger partial charge in [0.05, 0.1) is 6.61 Å². The fourth-order valence-corrected chi connectivity index (χ4v) is 4.08. The Morgan fingerprint density at radius 1 is 1.19 bits per heavy atom. The molecule has 2 heterocycles. The van der Waals surface area contributed by atoms with Crippen molar-refractivity contribution < 1.29 is 9.53 Å². The quantitative estimate of drug-likeness (QED) is 0.407. The largest absolute Gasteiger partial charge is 0.494 e. The van der Waals surface area contributed by atoms with Crippen LogP contribution in [0.4, 0.5) is 5.69 Å². The van der Waals surface area contributed by atoms with Crippen molar-refractivity contribution in [1.29, 1.82) is 0 Å². The number of benzene rings is 2. The van der Waals surface area contributed by atoms with Crippen LogP contribution >= 0.6 is 23.6 Å². The van der Waals surface area contributed by atoms with E-state index in [1.165, 1.54) is 11.3 Å². The number of carbonyl (C=O) groups excluding carboxylic acids is 1. The predicted octanol–water partition coefficient (Wildman–Crippen LogP) is 4.39. The zero-order valence-electron chi connectivity index (χ0n) is 17.9. The Balaban J connectivity index is 1.47. The summed E-state index contributed by atoms with van der Waals surface area (Å²) < 4.78 is 7.32. The molecule has 10 heteroatoms. The van der Waals surface area contributed by atoms with Gasteiger partial charge in [0, 0.05) is 16.8 Å². The van der Waals surface area contributed by atoms with E-state index in [0.717, 1.165) is 39.0 Å². The van der Waals surface area contributed by atoms with Crippen molar-refractivity contribution in [1.82, 2.24) is 25.1 Å². The zero-order valence-corrected chi connectivity index (χ0v) is 19.5. The number of thiocarbonyl (C=S) groups is 1. The van der Waals surface area contributed by atoms with Gasteiger partial charge in [0.1, 0.15) is 10.8 Å². The van der Waals surface area contributed by atoms with Crippen molar-refractivity contribution >= 4 is 45.2 Å². The molecule has 0 unspecified atom stereocenters. The van der Waals surface area contributed by atoms with Crippen molar-refractivity contribution in [3.8, 4) is 16.3 Å². The van der Waals surface area contributed by atoms with E-state index < -0.39 is 0 Å². The molecule has 0 spiro atoms. The fourth-order valence-electron chi connectivity index (χ4n) is 3.00. The van der Waals surface area contributed by atoms with Crippen molar-refractivity contribution in [3.63, 3.8) is 0 Å². The van der Waals surface area contributed by atoms with Gasteiger partial charge in [0.2, 0.25) is 4.96 Å². The number of carbonyl (C=O) groups is 1. The molecule has 0 aliphatic heterocycles. The van der Waals surface area contributed by atoms with Gasteiger partial charge in [-0.15, -0.1) is 10.2 Å². The molecule has 0 saturated heterocycles. The first-order chi connectivity index (χ1) is 15.4. The number of nitrogens with zero attached hydrogens (tertiary/aromatic N) is 4. The SMILES string of the molecule is CCCOc1cccc(C(=O)NC(=S)Nc2cc(-c3nn4c(C)nnc4s3)ccc2C)c1. The first kappa shape index (κ1) is 21.8. The van der Waals surface area contributed by atoms with Crippen LogP contribution in [-0.2, 0) is 0 Å². The molecule has 0 aliphatic carbocycles. The van der Waals surface area contributed by atoms with E-state index in [1.54, 1.807) is 22.7 Å². The average Bonchev–Trinajstić information content (AvgIpc) is 3.36. The van der Waals surface area contributed by atoms with Crippen molar-refractivity contribution in [2.24, 2.45) is 0 Å². The third kappa shape index (κ3) is 4.76. The second kappa shape index (κ2) is 9.41. The molecule has 32 heavy (non-hydrogen) atoms. The third-order valence-corrected chi connectivity index (χ3v) is 5.83. The number of anilines is 1. The van der Waals surface area contributed by atoms with Gasteiger partial charge < -0.3 is 10.1 Å². The van der Waals surface area contributed by atoms with Gasteiger partial charge in [-0.3, -0.25) is 10.1 Å². The third-order valence-electron chi connectivity index (χ3n) is 4.68. The topological polar surface area (TPSA) is 93.4 Å². The van der Waals surface area contributed by atoms with Crippen LogP contribution in [-0.4, -0.2) is 37.4 Å². The molecular formula is C22H22N6O2S2. The summed E-state index contributed by atoms with van der Waals surface area (Å²) in [7, 11) is 0. The smallest absolute Gasteiger partial charge is 0.257 e. The molecule has 0 aliphatic rings. The lowest BCUT2D eigenvalue weighted by molar-refractivity contribution is 0.0977. The number of hydrogen-bond donors (Lipinski definition) is 2. The van der Waals surface area contributed by atoms with Gasteiger partial charge >= 0.3 is 0 Å². The highest BCUT2D eigenvalue weighted by Crippen LogP contribution is 2.29. The van der Waals surface area contributed by atoms with Crippen LogP contribution in [0.25, 0.3) is 15.5 Å². The Morgan fingerprint density at radius 2 is 2.03 bits per heavy atom. The fraction of sp³-hybridized carbons (Fsp3) is 0.227. The minimum atomic E-state index is -0.303. The maximum Gasteiger partial charge on any atom is 0.257 e. The first-order valence-corrected chi connectivity index (χ1v) is 11.3. The minimum absolute atomic E-state index is 0.212. The number of nitrogens with one attached hydrogen (secondary N) is 2. The predicted molar refractivity (Wildman–Crippen MR) is 129 cm³/mol. The molecule has 164 valence electrons. The molecule has 0 atom stereocenters. The standard InChI is InChI=1S/C22H22N6O2S2/c1-4-10-30-17-7-5-6-15(11-17)19(29)24-21(31)23-18-12-16(9-8-13(18)2)20-27-28-14(3)25-26-22(28)32-20/h5-9,11-12H,4,10H2,1-3H3,(H2,23,24,29,31). The van der Waals surface area contributed by atoms with Gasteiger partial charge in [-0.25, -0.2) is 0 Å². The summed E-state index contributed by atoms with van der Waals surface area (Å²) in [6.45, 7) is 6.45. The number of ether oxygens (including phenoxy) is 1. The monoisotopic (exact) mass is 466 g/mol. The van der Waals surface area contributed by atoms with Crippen LogP contribution in [0, 0.1) is 13.8 Å². The van der Waals surface area contributed by atoms with Crippen LogP contribution in [0.1, 0.15) is 35.1 Å². The van der Waals surface area contributed by atoms with E-state index in [4.69, 9.17) is 17.0 Å². The molecule has 4 aromatic rings. The lowest BCUT2D eigenvalue weighted by Crippen LogP contribution is -2.34. The van der Waals surface area contributed by atoms with Crippen LogP contribution < -0.4 is 15.4 Å². The second-order valence-corrected chi connectivity index (χ2v) is 8.53. The number of fused-ring (bicyclic) bond motifs is 1. The highest BCUT2D eigenvalue weighted by atomic mass is 32.1. The Labute approximate surface area is 194 Å². The molecule has 2 aromatic heterocycles. The normalized spacial score (nSPS) is 10.8. The lowest BCUT2D eigenvalue weighted by Gasteiger charge is -2.13. The number of aromatic nitrogens is 4. The highest BCUT2D eigenvalue weighted by Gasteiger charge is 2.13. The summed E-state index contributed by atoms with van der Waals surface area (Å²) in [5, 5.41) is 19.6. The minimum Gasteiger partial charge on any atom is -0.494 e. The maximum atomic E-state index is 12.6. The summed E-state index contributed by atoms with van der Waals surface area (Å²) in [6.07, 6.45) is 0.896.